The number of rotatable bonds is 7. The van der Waals surface area contributed by atoms with Gasteiger partial charge in [0.05, 0.1) is 12.6 Å². The summed E-state index contributed by atoms with van der Waals surface area (Å²) in [6.07, 6.45) is 2.08. The maximum Gasteiger partial charge on any atom is 0.219 e. The van der Waals surface area contributed by atoms with E-state index in [0.29, 0.717) is 11.8 Å². The summed E-state index contributed by atoms with van der Waals surface area (Å²) in [4.78, 5) is 16.0. The molecule has 1 N–H and O–H groups in total. The molecule has 0 aliphatic carbocycles. The Balaban J connectivity index is 1.94. The Morgan fingerprint density at radius 3 is 2.61 bits per heavy atom. The van der Waals surface area contributed by atoms with Crippen LogP contribution in [0.2, 0.25) is 0 Å². The molecule has 1 saturated heterocycles. The van der Waals surface area contributed by atoms with Gasteiger partial charge in [0.2, 0.25) is 5.91 Å². The molecule has 1 aliphatic rings. The number of nitrogens with zero attached hydrogens (tertiary/aromatic N) is 2. The van der Waals surface area contributed by atoms with E-state index in [9.17, 15) is 9.90 Å². The molecule has 128 valence electrons. The highest BCUT2D eigenvalue weighted by molar-refractivity contribution is 5.74. The monoisotopic (exact) mass is 318 g/mol. The lowest BCUT2D eigenvalue weighted by Crippen LogP contribution is -2.42. The van der Waals surface area contributed by atoms with Crippen LogP contribution in [0.3, 0.4) is 0 Å². The third-order valence-corrected chi connectivity index (χ3v) is 5.19. The average molecular weight is 318 g/mol. The van der Waals surface area contributed by atoms with Crippen molar-refractivity contribution in [2.75, 3.05) is 33.3 Å². The molecule has 0 spiro atoms. The number of carbonyl (C=O) groups is 1. The summed E-state index contributed by atoms with van der Waals surface area (Å²) < 4.78 is 0. The van der Waals surface area contributed by atoms with Crippen LogP contribution in [0.15, 0.2) is 30.3 Å². The summed E-state index contributed by atoms with van der Waals surface area (Å²) in [5.74, 6) is 0.918. The van der Waals surface area contributed by atoms with Gasteiger partial charge in [-0.25, -0.2) is 0 Å². The summed E-state index contributed by atoms with van der Waals surface area (Å²) in [5, 5.41) is 9.78. The molecule has 1 aromatic rings. The highest BCUT2D eigenvalue weighted by atomic mass is 16.3. The molecule has 1 heterocycles. The fourth-order valence-corrected chi connectivity index (χ4v) is 3.78. The zero-order chi connectivity index (χ0) is 16.8. The van der Waals surface area contributed by atoms with Crippen molar-refractivity contribution in [3.05, 3.63) is 35.9 Å². The minimum absolute atomic E-state index is 0.0309. The molecule has 0 saturated carbocycles. The Morgan fingerprint density at radius 2 is 2.04 bits per heavy atom. The predicted molar refractivity (Wildman–Crippen MR) is 93.2 cm³/mol. The number of hydrogen-bond acceptors (Lipinski definition) is 3. The molecule has 0 unspecified atom stereocenters. The summed E-state index contributed by atoms with van der Waals surface area (Å²) in [5.41, 5.74) is 1.35. The van der Waals surface area contributed by atoms with Crippen LogP contribution in [0.25, 0.3) is 0 Å². The van der Waals surface area contributed by atoms with Crippen molar-refractivity contribution in [3.63, 3.8) is 0 Å². The molecule has 1 aromatic carbocycles. The number of aliphatic hydroxyl groups is 1. The summed E-state index contributed by atoms with van der Waals surface area (Å²) >= 11 is 0. The van der Waals surface area contributed by atoms with E-state index in [1.807, 2.05) is 11.0 Å². The highest BCUT2D eigenvalue weighted by Gasteiger charge is 2.41. The first-order valence-electron chi connectivity index (χ1n) is 8.67. The maximum absolute atomic E-state index is 11.8. The van der Waals surface area contributed by atoms with E-state index >= 15 is 0 Å². The summed E-state index contributed by atoms with van der Waals surface area (Å²) in [7, 11) is 2.14. The molecular formula is C19H30N2O2. The third-order valence-electron chi connectivity index (χ3n) is 5.19. The lowest BCUT2D eigenvalue weighted by Gasteiger charge is -2.29. The van der Waals surface area contributed by atoms with Crippen molar-refractivity contribution < 1.29 is 9.90 Å². The SMILES string of the molecule is CC[C@@H]1CN(C(C)=O)[C@H](CO)[C@@H]1CN(C)CCc1ccccc1. The molecule has 1 amide bonds. The van der Waals surface area contributed by atoms with Gasteiger partial charge in [-0.05, 0) is 30.9 Å². The minimum Gasteiger partial charge on any atom is -0.394 e. The van der Waals surface area contributed by atoms with Gasteiger partial charge in [-0.2, -0.15) is 0 Å². The van der Waals surface area contributed by atoms with Gasteiger partial charge in [0.25, 0.3) is 0 Å². The Hall–Kier alpha value is -1.39. The van der Waals surface area contributed by atoms with E-state index in [1.165, 1.54) is 5.56 Å². The van der Waals surface area contributed by atoms with Gasteiger partial charge in [0, 0.05) is 26.6 Å². The molecule has 0 bridgehead atoms. The largest absolute Gasteiger partial charge is 0.394 e. The zero-order valence-corrected chi connectivity index (χ0v) is 14.6. The summed E-state index contributed by atoms with van der Waals surface area (Å²) in [6, 6.07) is 10.5. The summed E-state index contributed by atoms with van der Waals surface area (Å²) in [6.45, 7) is 6.56. The van der Waals surface area contributed by atoms with Crippen LogP contribution in [0, 0.1) is 11.8 Å². The van der Waals surface area contributed by atoms with Crippen LogP contribution < -0.4 is 0 Å². The van der Waals surface area contributed by atoms with Crippen molar-refractivity contribution >= 4 is 5.91 Å². The highest BCUT2D eigenvalue weighted by Crippen LogP contribution is 2.32. The van der Waals surface area contributed by atoms with Gasteiger partial charge in [-0.1, -0.05) is 43.7 Å². The number of likely N-dealkylation sites (N-methyl/N-ethyl adjacent to an activating group) is 1. The van der Waals surface area contributed by atoms with Gasteiger partial charge in [-0.3, -0.25) is 4.79 Å². The van der Waals surface area contributed by atoms with Crippen molar-refractivity contribution in [1.29, 1.82) is 0 Å². The molecule has 0 aromatic heterocycles. The lowest BCUT2D eigenvalue weighted by molar-refractivity contribution is -0.130. The normalized spacial score (nSPS) is 24.4. The van der Waals surface area contributed by atoms with E-state index in [4.69, 9.17) is 0 Å². The van der Waals surface area contributed by atoms with Crippen LogP contribution >= 0.6 is 0 Å². The predicted octanol–water partition coefficient (Wildman–Crippen LogP) is 2.03. The van der Waals surface area contributed by atoms with Crippen molar-refractivity contribution in [1.82, 2.24) is 9.80 Å². The van der Waals surface area contributed by atoms with E-state index < -0.39 is 0 Å². The van der Waals surface area contributed by atoms with Gasteiger partial charge in [-0.15, -0.1) is 0 Å². The quantitative estimate of drug-likeness (QED) is 0.836. The Kier molecular flexibility index (Phi) is 6.60. The van der Waals surface area contributed by atoms with Crippen LogP contribution in [-0.2, 0) is 11.2 Å². The van der Waals surface area contributed by atoms with E-state index in [1.54, 1.807) is 6.92 Å². The van der Waals surface area contributed by atoms with Crippen LogP contribution in [-0.4, -0.2) is 60.1 Å². The van der Waals surface area contributed by atoms with Gasteiger partial charge in [0.15, 0.2) is 0 Å². The van der Waals surface area contributed by atoms with Crippen LogP contribution in [0.5, 0.6) is 0 Å². The number of likely N-dealkylation sites (tertiary alicyclic amines) is 1. The molecule has 2 rings (SSSR count). The number of carbonyl (C=O) groups excluding carboxylic acids is 1. The smallest absolute Gasteiger partial charge is 0.219 e. The van der Waals surface area contributed by atoms with E-state index in [-0.39, 0.29) is 18.6 Å². The lowest BCUT2D eigenvalue weighted by atomic mass is 9.88. The first-order valence-corrected chi connectivity index (χ1v) is 8.67. The van der Waals surface area contributed by atoms with Gasteiger partial charge in [0.1, 0.15) is 0 Å². The second kappa shape index (κ2) is 8.46. The number of hydrogen-bond donors (Lipinski definition) is 1. The number of benzene rings is 1. The average Bonchev–Trinajstić information content (AvgIpc) is 2.91. The Morgan fingerprint density at radius 1 is 1.35 bits per heavy atom. The first-order chi connectivity index (χ1) is 11.1. The minimum atomic E-state index is -0.0309. The topological polar surface area (TPSA) is 43.8 Å². The number of amides is 1. The fourth-order valence-electron chi connectivity index (χ4n) is 3.78. The van der Waals surface area contributed by atoms with Crippen molar-refractivity contribution in [2.45, 2.75) is 32.7 Å². The van der Waals surface area contributed by atoms with Crippen molar-refractivity contribution in [2.24, 2.45) is 11.8 Å². The second-order valence-corrected chi connectivity index (χ2v) is 6.75. The second-order valence-electron chi connectivity index (χ2n) is 6.75. The van der Waals surface area contributed by atoms with Crippen LogP contribution in [0.4, 0.5) is 0 Å². The molecule has 4 nitrogen and oxygen atoms in total. The molecule has 0 radical (unpaired) electrons. The molecule has 1 aliphatic heterocycles. The fraction of sp³-hybridized carbons (Fsp3) is 0.632. The van der Waals surface area contributed by atoms with Gasteiger partial charge < -0.3 is 14.9 Å². The van der Waals surface area contributed by atoms with E-state index in [0.717, 1.165) is 32.5 Å². The standard InChI is InChI=1S/C19H30N2O2/c1-4-17-12-21(15(2)23)19(14-22)18(17)13-20(3)11-10-16-8-6-5-7-9-16/h5-9,17-19,22H,4,10-14H2,1-3H3/t17-,18-,19-/m1/s1. The number of aliphatic hydroxyl groups excluding tert-OH is 1. The molecule has 23 heavy (non-hydrogen) atoms. The van der Waals surface area contributed by atoms with Gasteiger partial charge >= 0.3 is 0 Å². The molecular weight excluding hydrogens is 288 g/mol. The van der Waals surface area contributed by atoms with E-state index in [2.05, 4.69) is 43.1 Å². The third kappa shape index (κ3) is 4.55. The Bertz CT molecular complexity index is 491. The maximum atomic E-state index is 11.8. The molecule has 1 fully saturated rings. The first kappa shape index (κ1) is 18.0. The Labute approximate surface area is 140 Å². The molecule has 3 atom stereocenters. The zero-order valence-electron chi connectivity index (χ0n) is 14.6. The molecule has 4 heteroatoms. The van der Waals surface area contributed by atoms with Crippen LogP contribution in [0.1, 0.15) is 25.8 Å². The van der Waals surface area contributed by atoms with Crippen molar-refractivity contribution in [3.8, 4) is 0 Å².